The topological polar surface area (TPSA) is 75.7 Å². The number of fused-ring (bicyclic) bond motifs is 2. The van der Waals surface area contributed by atoms with Crippen molar-refractivity contribution in [2.24, 2.45) is 0 Å². The number of nitrogens with one attached hydrogen (secondary N) is 1. The molecule has 1 aliphatic heterocycles. The summed E-state index contributed by atoms with van der Waals surface area (Å²) in [6.45, 7) is 0.400. The summed E-state index contributed by atoms with van der Waals surface area (Å²) in [4.78, 5) is 38.2. The standard InChI is InChI=1S/C23H18BrF5N2O4/c1-11(23(27,28)29)31(10-12-2-4-14(25)5-3-12)19(32)6-13-9-22(20(33)30-21(34)35-22)16-8-18(26)17(24)7-15(13)16/h2-5,7-8,11,13H,6,9-10H2,1H3,(H,30,33,34)/t11-,13?,22?/m0/s1. The summed E-state index contributed by atoms with van der Waals surface area (Å²) in [7, 11) is 0. The highest BCUT2D eigenvalue weighted by Gasteiger charge is 2.58. The molecule has 1 N–H and O–H groups in total. The van der Waals surface area contributed by atoms with Crippen LogP contribution in [0.3, 0.4) is 0 Å². The number of nitrogens with zero attached hydrogens (tertiary/aromatic N) is 1. The van der Waals surface area contributed by atoms with Crippen LogP contribution in [-0.4, -0.2) is 35.0 Å². The smallest absolute Gasteiger partial charge is 0.415 e. The number of carbonyl (C=O) groups excluding carboxylic acids is 3. The van der Waals surface area contributed by atoms with Crippen molar-refractivity contribution in [3.05, 3.63) is 69.2 Å². The fraction of sp³-hybridized carbons (Fsp3) is 0.348. The number of hydrogen-bond acceptors (Lipinski definition) is 4. The molecule has 12 heteroatoms. The predicted molar refractivity (Wildman–Crippen MR) is 115 cm³/mol. The number of halogens is 6. The van der Waals surface area contributed by atoms with Crippen LogP contribution >= 0.6 is 15.9 Å². The number of imide groups is 1. The minimum absolute atomic E-state index is 0.0160. The van der Waals surface area contributed by atoms with Gasteiger partial charge in [-0.1, -0.05) is 12.1 Å². The highest BCUT2D eigenvalue weighted by Crippen LogP contribution is 2.51. The van der Waals surface area contributed by atoms with Gasteiger partial charge in [-0.15, -0.1) is 0 Å². The lowest BCUT2D eigenvalue weighted by Gasteiger charge is -2.32. The van der Waals surface area contributed by atoms with E-state index in [4.69, 9.17) is 4.74 Å². The number of carbonyl (C=O) groups is 3. The van der Waals surface area contributed by atoms with E-state index in [9.17, 15) is 36.3 Å². The highest BCUT2D eigenvalue weighted by atomic mass is 79.9. The maximum Gasteiger partial charge on any atom is 0.415 e. The predicted octanol–water partition coefficient (Wildman–Crippen LogP) is 5.05. The Hall–Kier alpha value is -3.02. The van der Waals surface area contributed by atoms with Gasteiger partial charge in [0.15, 0.2) is 0 Å². The molecule has 4 rings (SSSR count). The first-order valence-corrected chi connectivity index (χ1v) is 11.3. The van der Waals surface area contributed by atoms with Crippen molar-refractivity contribution in [1.29, 1.82) is 0 Å². The van der Waals surface area contributed by atoms with E-state index in [-0.39, 0.29) is 22.0 Å². The molecule has 1 fully saturated rings. The van der Waals surface area contributed by atoms with Crippen LogP contribution in [0.5, 0.6) is 0 Å². The molecule has 3 amide bonds. The van der Waals surface area contributed by atoms with Gasteiger partial charge in [0.1, 0.15) is 17.7 Å². The summed E-state index contributed by atoms with van der Waals surface area (Å²) < 4.78 is 73.6. The third kappa shape index (κ3) is 4.63. The molecule has 3 atom stereocenters. The summed E-state index contributed by atoms with van der Waals surface area (Å²) in [6.07, 6.45) is -6.50. The summed E-state index contributed by atoms with van der Waals surface area (Å²) in [5.41, 5.74) is -1.25. The van der Waals surface area contributed by atoms with E-state index in [0.29, 0.717) is 10.5 Å². The Bertz CT molecular complexity index is 1200. The monoisotopic (exact) mass is 560 g/mol. The second-order valence-electron chi connectivity index (χ2n) is 8.50. The quantitative estimate of drug-likeness (QED) is 0.519. The van der Waals surface area contributed by atoms with Gasteiger partial charge in [0.25, 0.3) is 5.91 Å². The maximum atomic E-state index is 14.3. The van der Waals surface area contributed by atoms with Crippen LogP contribution in [0.15, 0.2) is 40.9 Å². The summed E-state index contributed by atoms with van der Waals surface area (Å²) in [5.74, 6) is -3.90. The van der Waals surface area contributed by atoms with E-state index in [1.807, 2.05) is 5.32 Å². The Morgan fingerprint density at radius 2 is 1.89 bits per heavy atom. The summed E-state index contributed by atoms with van der Waals surface area (Å²) >= 11 is 3.04. The molecule has 35 heavy (non-hydrogen) atoms. The molecular weight excluding hydrogens is 543 g/mol. The molecule has 0 saturated carbocycles. The Morgan fingerprint density at radius 1 is 1.23 bits per heavy atom. The van der Waals surface area contributed by atoms with Gasteiger partial charge in [0.2, 0.25) is 11.5 Å². The first-order chi connectivity index (χ1) is 16.3. The second kappa shape index (κ2) is 8.89. The van der Waals surface area contributed by atoms with Crippen molar-refractivity contribution in [3.8, 4) is 0 Å². The van der Waals surface area contributed by atoms with Crippen LogP contribution in [0.2, 0.25) is 0 Å². The van der Waals surface area contributed by atoms with Gasteiger partial charge in [0, 0.05) is 24.9 Å². The number of rotatable bonds is 5. The number of alkyl carbamates (subject to hydrolysis) is 1. The van der Waals surface area contributed by atoms with E-state index in [0.717, 1.165) is 25.1 Å². The Balaban J connectivity index is 1.67. The van der Waals surface area contributed by atoms with Crippen LogP contribution in [-0.2, 0) is 26.5 Å². The molecular formula is C23H18BrF5N2O4. The first-order valence-electron chi connectivity index (χ1n) is 10.5. The van der Waals surface area contributed by atoms with E-state index < -0.39 is 66.2 Å². The van der Waals surface area contributed by atoms with Crippen LogP contribution in [0.4, 0.5) is 26.7 Å². The fourth-order valence-electron chi connectivity index (χ4n) is 4.47. The third-order valence-corrected chi connectivity index (χ3v) is 6.91. The molecule has 6 nitrogen and oxygen atoms in total. The molecule has 1 spiro atoms. The van der Waals surface area contributed by atoms with E-state index in [1.165, 1.54) is 18.2 Å². The lowest BCUT2D eigenvalue weighted by Crippen LogP contribution is -2.46. The van der Waals surface area contributed by atoms with Crippen molar-refractivity contribution in [1.82, 2.24) is 10.2 Å². The highest BCUT2D eigenvalue weighted by molar-refractivity contribution is 9.10. The molecule has 2 aromatic carbocycles. The molecule has 186 valence electrons. The van der Waals surface area contributed by atoms with Gasteiger partial charge < -0.3 is 9.64 Å². The van der Waals surface area contributed by atoms with Gasteiger partial charge >= 0.3 is 12.3 Å². The van der Waals surface area contributed by atoms with Crippen molar-refractivity contribution in [2.45, 2.75) is 50.0 Å². The molecule has 1 saturated heterocycles. The Labute approximate surface area is 204 Å². The third-order valence-electron chi connectivity index (χ3n) is 6.30. The minimum Gasteiger partial charge on any atom is -0.427 e. The zero-order valence-electron chi connectivity index (χ0n) is 18.1. The molecule has 1 aliphatic carbocycles. The molecule has 0 bridgehead atoms. The van der Waals surface area contributed by atoms with Crippen molar-refractivity contribution >= 4 is 33.8 Å². The molecule has 2 unspecified atom stereocenters. The minimum atomic E-state index is -4.74. The number of ether oxygens (including phenoxy) is 1. The zero-order chi connectivity index (χ0) is 25.7. The van der Waals surface area contributed by atoms with Gasteiger partial charge in [0.05, 0.1) is 4.47 Å². The average Bonchev–Trinajstić information content (AvgIpc) is 3.21. The number of benzene rings is 2. The Kier molecular flexibility index (Phi) is 6.37. The number of alkyl halides is 3. The summed E-state index contributed by atoms with van der Waals surface area (Å²) in [5, 5.41) is 1.99. The second-order valence-corrected chi connectivity index (χ2v) is 9.35. The zero-order valence-corrected chi connectivity index (χ0v) is 19.7. The van der Waals surface area contributed by atoms with Gasteiger partial charge in [-0.3, -0.25) is 14.9 Å². The summed E-state index contributed by atoms with van der Waals surface area (Å²) in [6, 6.07) is 4.88. The lowest BCUT2D eigenvalue weighted by atomic mass is 9.93. The normalized spacial score (nSPS) is 22.1. The van der Waals surface area contributed by atoms with Crippen LogP contribution in [0.25, 0.3) is 0 Å². The van der Waals surface area contributed by atoms with Gasteiger partial charge in [-0.25, -0.2) is 13.6 Å². The van der Waals surface area contributed by atoms with Crippen LogP contribution in [0.1, 0.15) is 42.4 Å². The molecule has 2 aliphatic rings. The average molecular weight is 561 g/mol. The van der Waals surface area contributed by atoms with Crippen molar-refractivity contribution in [2.75, 3.05) is 0 Å². The first kappa shape index (κ1) is 25.1. The van der Waals surface area contributed by atoms with Crippen molar-refractivity contribution < 1.29 is 41.1 Å². The molecule has 2 aromatic rings. The van der Waals surface area contributed by atoms with Crippen LogP contribution in [0, 0.1) is 11.6 Å². The van der Waals surface area contributed by atoms with Gasteiger partial charge in [-0.2, -0.15) is 13.2 Å². The molecule has 1 heterocycles. The van der Waals surface area contributed by atoms with Crippen molar-refractivity contribution in [3.63, 3.8) is 0 Å². The largest absolute Gasteiger partial charge is 0.427 e. The van der Waals surface area contributed by atoms with Crippen LogP contribution < -0.4 is 5.32 Å². The van der Waals surface area contributed by atoms with E-state index in [1.54, 1.807) is 0 Å². The van der Waals surface area contributed by atoms with E-state index in [2.05, 4.69) is 15.9 Å². The lowest BCUT2D eigenvalue weighted by molar-refractivity contribution is -0.187. The number of hydrogen-bond donors (Lipinski definition) is 1. The molecule has 0 radical (unpaired) electrons. The fourth-order valence-corrected chi connectivity index (χ4v) is 4.83. The number of amides is 3. The Morgan fingerprint density at radius 3 is 2.46 bits per heavy atom. The SMILES string of the molecule is C[C@H](N(Cc1ccc(F)cc1)C(=O)CC1CC2(OC(=O)NC2=O)c2cc(F)c(Br)cc21)C(F)(F)F. The van der Waals surface area contributed by atoms with E-state index >= 15 is 0 Å². The van der Waals surface area contributed by atoms with Gasteiger partial charge in [-0.05, 0) is 64.2 Å². The maximum absolute atomic E-state index is 14.3. The molecule has 0 aromatic heterocycles.